The van der Waals surface area contributed by atoms with Crippen molar-refractivity contribution in [2.24, 2.45) is 0 Å². The third-order valence-electron chi connectivity index (χ3n) is 4.67. The lowest BCUT2D eigenvalue weighted by Crippen LogP contribution is -2.50. The first-order valence-electron chi connectivity index (χ1n) is 8.48. The number of rotatable bonds is 5. The van der Waals surface area contributed by atoms with Gasteiger partial charge in [-0.15, -0.1) is 0 Å². The van der Waals surface area contributed by atoms with Gasteiger partial charge in [-0.25, -0.2) is 9.97 Å². The Bertz CT molecular complexity index is 539. The second-order valence-corrected chi connectivity index (χ2v) is 6.15. The van der Waals surface area contributed by atoms with Crippen molar-refractivity contribution in [1.82, 2.24) is 24.7 Å². The topological polar surface area (TPSA) is 72.9 Å². The molecule has 8 heteroatoms. The minimum absolute atomic E-state index is 0.189. The molecule has 0 N–H and O–H groups in total. The monoisotopic (exact) mass is 332 g/mol. The molecule has 2 amide bonds. The molecule has 0 aliphatic carbocycles. The van der Waals surface area contributed by atoms with Crippen LogP contribution in [0.3, 0.4) is 0 Å². The summed E-state index contributed by atoms with van der Waals surface area (Å²) in [7, 11) is 0. The van der Waals surface area contributed by atoms with E-state index in [-0.39, 0.29) is 5.91 Å². The zero-order valence-corrected chi connectivity index (χ0v) is 13.9. The van der Waals surface area contributed by atoms with Gasteiger partial charge in [0.05, 0.1) is 0 Å². The molecule has 1 aromatic heterocycles. The van der Waals surface area contributed by atoms with E-state index in [1.54, 1.807) is 17.3 Å². The van der Waals surface area contributed by atoms with Crippen LogP contribution >= 0.6 is 0 Å². The molecule has 3 heterocycles. The highest BCUT2D eigenvalue weighted by Gasteiger charge is 2.22. The molecule has 3 rings (SSSR count). The molecule has 0 spiro atoms. The average Bonchev–Trinajstić information content (AvgIpc) is 2.67. The second kappa shape index (κ2) is 8.05. The molecule has 2 fully saturated rings. The Morgan fingerprint density at radius 2 is 1.67 bits per heavy atom. The van der Waals surface area contributed by atoms with Gasteiger partial charge in [0.25, 0.3) is 0 Å². The van der Waals surface area contributed by atoms with Crippen molar-refractivity contribution in [3.63, 3.8) is 0 Å². The Hall–Kier alpha value is -2.22. The Labute approximate surface area is 142 Å². The summed E-state index contributed by atoms with van der Waals surface area (Å²) in [4.78, 5) is 39.6. The van der Waals surface area contributed by atoms with Gasteiger partial charge in [-0.3, -0.25) is 14.5 Å². The first kappa shape index (κ1) is 16.6. The third kappa shape index (κ3) is 4.19. The first-order valence-corrected chi connectivity index (χ1v) is 8.48. The van der Waals surface area contributed by atoms with Gasteiger partial charge in [0.1, 0.15) is 0 Å². The maximum absolute atomic E-state index is 12.3. The zero-order valence-electron chi connectivity index (χ0n) is 13.9. The van der Waals surface area contributed by atoms with Crippen molar-refractivity contribution in [2.75, 3.05) is 63.8 Å². The molecular formula is C16H24N6O2. The highest BCUT2D eigenvalue weighted by molar-refractivity contribution is 5.76. The van der Waals surface area contributed by atoms with Gasteiger partial charge in [0.2, 0.25) is 18.3 Å². The Morgan fingerprint density at radius 3 is 2.29 bits per heavy atom. The van der Waals surface area contributed by atoms with Crippen LogP contribution in [0.4, 0.5) is 5.95 Å². The lowest BCUT2D eigenvalue weighted by atomic mass is 10.2. The van der Waals surface area contributed by atoms with E-state index in [9.17, 15) is 9.59 Å². The fourth-order valence-corrected chi connectivity index (χ4v) is 3.11. The molecule has 0 aromatic carbocycles. The molecular weight excluding hydrogens is 308 g/mol. The zero-order chi connectivity index (χ0) is 16.8. The van der Waals surface area contributed by atoms with Crippen LogP contribution in [0.25, 0.3) is 0 Å². The highest BCUT2D eigenvalue weighted by atomic mass is 16.2. The fourth-order valence-electron chi connectivity index (χ4n) is 3.11. The lowest BCUT2D eigenvalue weighted by molar-refractivity contribution is -0.135. The standard InChI is InChI=1S/C16H24N6O2/c23-14-20-8-10-21(11-9-20)15(24)2-5-19-6-12-22(13-7-19)16-17-3-1-4-18-16/h1,3-4,14H,2,5-13H2. The number of nitrogens with zero attached hydrogens (tertiary/aromatic N) is 6. The number of hydrogen-bond donors (Lipinski definition) is 0. The quantitative estimate of drug-likeness (QED) is 0.663. The molecule has 1 aromatic rings. The summed E-state index contributed by atoms with van der Waals surface area (Å²) in [5.74, 6) is 0.968. The maximum Gasteiger partial charge on any atom is 0.225 e. The number of amides is 2. The van der Waals surface area contributed by atoms with Crippen LogP contribution < -0.4 is 4.90 Å². The van der Waals surface area contributed by atoms with E-state index in [4.69, 9.17) is 0 Å². The van der Waals surface area contributed by atoms with Crippen molar-refractivity contribution in [3.8, 4) is 0 Å². The highest BCUT2D eigenvalue weighted by Crippen LogP contribution is 2.10. The van der Waals surface area contributed by atoms with Crippen LogP contribution in [-0.4, -0.2) is 95.9 Å². The molecule has 0 unspecified atom stereocenters. The summed E-state index contributed by atoms with van der Waals surface area (Å²) in [6.45, 7) is 6.99. The normalized spacial score (nSPS) is 19.4. The third-order valence-corrected chi connectivity index (χ3v) is 4.67. The summed E-state index contributed by atoms with van der Waals surface area (Å²) < 4.78 is 0. The molecule has 2 aliphatic rings. The molecule has 8 nitrogen and oxygen atoms in total. The predicted octanol–water partition coefficient (Wildman–Crippen LogP) is -0.711. The fraction of sp³-hybridized carbons (Fsp3) is 0.625. The Kier molecular flexibility index (Phi) is 5.58. The second-order valence-electron chi connectivity index (χ2n) is 6.15. The smallest absolute Gasteiger partial charge is 0.225 e. The van der Waals surface area contributed by atoms with E-state index >= 15 is 0 Å². The minimum atomic E-state index is 0.189. The van der Waals surface area contributed by atoms with Crippen LogP contribution in [0.2, 0.25) is 0 Å². The van der Waals surface area contributed by atoms with E-state index in [0.717, 1.165) is 45.1 Å². The molecule has 0 bridgehead atoms. The van der Waals surface area contributed by atoms with Gasteiger partial charge in [-0.2, -0.15) is 0 Å². The van der Waals surface area contributed by atoms with Crippen molar-refractivity contribution in [2.45, 2.75) is 6.42 Å². The summed E-state index contributed by atoms with van der Waals surface area (Å²) in [5.41, 5.74) is 0. The van der Waals surface area contributed by atoms with Gasteiger partial charge in [-0.05, 0) is 6.07 Å². The number of anilines is 1. The van der Waals surface area contributed by atoms with Gasteiger partial charge in [0, 0.05) is 77.7 Å². The predicted molar refractivity (Wildman–Crippen MR) is 89.5 cm³/mol. The largest absolute Gasteiger partial charge is 0.342 e. The van der Waals surface area contributed by atoms with Crippen molar-refractivity contribution < 1.29 is 9.59 Å². The van der Waals surface area contributed by atoms with Crippen molar-refractivity contribution >= 4 is 18.3 Å². The molecule has 0 radical (unpaired) electrons. The summed E-state index contributed by atoms with van der Waals surface area (Å²) in [5, 5.41) is 0. The summed E-state index contributed by atoms with van der Waals surface area (Å²) in [6, 6.07) is 1.82. The van der Waals surface area contributed by atoms with Crippen molar-refractivity contribution in [1.29, 1.82) is 0 Å². The molecule has 2 saturated heterocycles. The van der Waals surface area contributed by atoms with Gasteiger partial charge in [0.15, 0.2) is 0 Å². The van der Waals surface area contributed by atoms with Crippen LogP contribution in [0.1, 0.15) is 6.42 Å². The van der Waals surface area contributed by atoms with Gasteiger partial charge < -0.3 is 14.7 Å². The minimum Gasteiger partial charge on any atom is -0.342 e. The number of piperazine rings is 2. The van der Waals surface area contributed by atoms with Crippen molar-refractivity contribution in [3.05, 3.63) is 18.5 Å². The van der Waals surface area contributed by atoms with Crippen LogP contribution in [-0.2, 0) is 9.59 Å². The Morgan fingerprint density at radius 1 is 1.00 bits per heavy atom. The summed E-state index contributed by atoms with van der Waals surface area (Å²) in [6.07, 6.45) is 4.93. The van der Waals surface area contributed by atoms with E-state index in [1.165, 1.54) is 0 Å². The van der Waals surface area contributed by atoms with Gasteiger partial charge in [-0.1, -0.05) is 0 Å². The molecule has 2 aliphatic heterocycles. The lowest BCUT2D eigenvalue weighted by Gasteiger charge is -2.36. The van der Waals surface area contributed by atoms with Crippen LogP contribution in [0.15, 0.2) is 18.5 Å². The summed E-state index contributed by atoms with van der Waals surface area (Å²) >= 11 is 0. The first-order chi connectivity index (χ1) is 11.8. The average molecular weight is 332 g/mol. The Balaban J connectivity index is 1.37. The number of hydrogen-bond acceptors (Lipinski definition) is 6. The van der Waals surface area contributed by atoms with Crippen LogP contribution in [0.5, 0.6) is 0 Å². The molecule has 0 atom stereocenters. The number of aromatic nitrogens is 2. The van der Waals surface area contributed by atoms with E-state index in [2.05, 4.69) is 19.8 Å². The van der Waals surface area contributed by atoms with E-state index in [0.29, 0.717) is 32.6 Å². The number of carbonyl (C=O) groups excluding carboxylic acids is 2. The van der Waals surface area contributed by atoms with E-state index in [1.807, 2.05) is 11.0 Å². The van der Waals surface area contributed by atoms with Gasteiger partial charge >= 0.3 is 0 Å². The van der Waals surface area contributed by atoms with E-state index < -0.39 is 0 Å². The SMILES string of the molecule is O=CN1CCN(C(=O)CCN2CCN(c3ncccn3)CC2)CC1. The maximum atomic E-state index is 12.3. The molecule has 130 valence electrons. The van der Waals surface area contributed by atoms with Crippen LogP contribution in [0, 0.1) is 0 Å². The molecule has 0 saturated carbocycles. The molecule has 24 heavy (non-hydrogen) atoms. The number of carbonyl (C=O) groups is 2.